The zero-order valence-corrected chi connectivity index (χ0v) is 17.5. The van der Waals surface area contributed by atoms with E-state index in [0.717, 1.165) is 22.6 Å². The van der Waals surface area contributed by atoms with E-state index in [4.69, 9.17) is 17.0 Å². The third-order valence-corrected chi connectivity index (χ3v) is 5.92. The first-order chi connectivity index (χ1) is 14.1. The van der Waals surface area contributed by atoms with Gasteiger partial charge < -0.3 is 4.74 Å². The van der Waals surface area contributed by atoms with Crippen molar-refractivity contribution in [2.75, 3.05) is 4.90 Å². The Morgan fingerprint density at radius 1 is 1.00 bits per heavy atom. The van der Waals surface area contributed by atoms with Gasteiger partial charge in [0.05, 0.1) is 10.6 Å². The summed E-state index contributed by atoms with van der Waals surface area (Å²) in [7, 11) is 0. The number of carbonyl (C=O) groups excluding carboxylic acids is 1. The van der Waals surface area contributed by atoms with E-state index < -0.39 is 0 Å². The van der Waals surface area contributed by atoms with Crippen LogP contribution in [0.2, 0.25) is 0 Å². The van der Waals surface area contributed by atoms with Gasteiger partial charge >= 0.3 is 0 Å². The highest BCUT2D eigenvalue weighted by Gasteiger charge is 2.33. The molecule has 4 rings (SSSR count). The van der Waals surface area contributed by atoms with Crippen LogP contribution in [0.3, 0.4) is 0 Å². The quantitative estimate of drug-likeness (QED) is 0.377. The minimum Gasteiger partial charge on any atom is -0.489 e. The van der Waals surface area contributed by atoms with Crippen molar-refractivity contribution in [1.82, 2.24) is 0 Å². The number of aryl methyl sites for hydroxylation is 1. The SMILES string of the molecule is Cc1ccccc1COc1cccc(/C=C2\SC(=S)N(c3ccccc3)C2=O)c1. The van der Waals surface area contributed by atoms with Crippen molar-refractivity contribution in [2.45, 2.75) is 13.5 Å². The minimum atomic E-state index is -0.0996. The van der Waals surface area contributed by atoms with Gasteiger partial charge in [0.2, 0.25) is 0 Å². The van der Waals surface area contributed by atoms with E-state index in [1.54, 1.807) is 4.90 Å². The third kappa shape index (κ3) is 4.42. The van der Waals surface area contributed by atoms with Gasteiger partial charge in [-0.05, 0) is 54.0 Å². The van der Waals surface area contributed by atoms with Gasteiger partial charge in [0, 0.05) is 0 Å². The lowest BCUT2D eigenvalue weighted by molar-refractivity contribution is -0.113. The average molecular weight is 418 g/mol. The predicted molar refractivity (Wildman–Crippen MR) is 124 cm³/mol. The van der Waals surface area contributed by atoms with Crippen LogP contribution in [0.15, 0.2) is 83.8 Å². The Kier molecular flexibility index (Phi) is 5.79. The number of rotatable bonds is 5. The number of benzene rings is 3. The molecule has 0 N–H and O–H groups in total. The van der Waals surface area contributed by atoms with Gasteiger partial charge in [-0.3, -0.25) is 9.69 Å². The summed E-state index contributed by atoms with van der Waals surface area (Å²) in [6.45, 7) is 2.58. The maximum Gasteiger partial charge on any atom is 0.270 e. The van der Waals surface area contributed by atoms with E-state index in [1.165, 1.54) is 17.3 Å². The first kappa shape index (κ1) is 19.4. The molecule has 3 aromatic rings. The maximum absolute atomic E-state index is 12.9. The largest absolute Gasteiger partial charge is 0.489 e. The number of para-hydroxylation sites is 1. The van der Waals surface area contributed by atoms with E-state index in [9.17, 15) is 4.79 Å². The van der Waals surface area contributed by atoms with Crippen molar-refractivity contribution < 1.29 is 9.53 Å². The molecular weight excluding hydrogens is 398 g/mol. The molecule has 1 saturated heterocycles. The van der Waals surface area contributed by atoms with Crippen molar-refractivity contribution in [3.63, 3.8) is 0 Å². The molecule has 0 aliphatic carbocycles. The predicted octanol–water partition coefficient (Wildman–Crippen LogP) is 5.98. The van der Waals surface area contributed by atoms with E-state index >= 15 is 0 Å². The summed E-state index contributed by atoms with van der Waals surface area (Å²) >= 11 is 6.75. The summed E-state index contributed by atoms with van der Waals surface area (Å²) in [5.41, 5.74) is 4.05. The molecule has 0 bridgehead atoms. The molecule has 1 fully saturated rings. The molecule has 0 aromatic heterocycles. The van der Waals surface area contributed by atoms with Crippen LogP contribution in [0.25, 0.3) is 6.08 Å². The molecule has 3 aromatic carbocycles. The summed E-state index contributed by atoms with van der Waals surface area (Å²) in [6, 6.07) is 25.4. The zero-order valence-electron chi connectivity index (χ0n) is 15.9. The van der Waals surface area contributed by atoms with Gasteiger partial charge in [-0.15, -0.1) is 0 Å². The van der Waals surface area contributed by atoms with Crippen molar-refractivity contribution in [3.05, 3.63) is 100 Å². The smallest absolute Gasteiger partial charge is 0.270 e. The van der Waals surface area contributed by atoms with Crippen LogP contribution in [0.1, 0.15) is 16.7 Å². The Morgan fingerprint density at radius 3 is 2.55 bits per heavy atom. The molecule has 1 aliphatic heterocycles. The minimum absolute atomic E-state index is 0.0996. The topological polar surface area (TPSA) is 29.5 Å². The van der Waals surface area contributed by atoms with Crippen LogP contribution in [0, 0.1) is 6.92 Å². The van der Waals surface area contributed by atoms with E-state index in [1.807, 2.05) is 72.8 Å². The van der Waals surface area contributed by atoms with Crippen LogP contribution >= 0.6 is 24.0 Å². The number of hydrogen-bond donors (Lipinski definition) is 0. The molecule has 0 radical (unpaired) electrons. The number of anilines is 1. The number of thioether (sulfide) groups is 1. The van der Waals surface area contributed by atoms with Gasteiger partial charge in [-0.1, -0.05) is 78.6 Å². The number of hydrogen-bond acceptors (Lipinski definition) is 4. The first-order valence-corrected chi connectivity index (χ1v) is 10.4. The number of thiocarbonyl (C=S) groups is 1. The van der Waals surface area contributed by atoms with Crippen LogP contribution in [-0.4, -0.2) is 10.2 Å². The molecule has 29 heavy (non-hydrogen) atoms. The van der Waals surface area contributed by atoms with Crippen molar-refractivity contribution in [2.24, 2.45) is 0 Å². The summed E-state index contributed by atoms with van der Waals surface area (Å²) in [5.74, 6) is 0.665. The van der Waals surface area contributed by atoms with Gasteiger partial charge in [-0.2, -0.15) is 0 Å². The van der Waals surface area contributed by atoms with E-state index in [2.05, 4.69) is 19.1 Å². The molecule has 0 saturated carbocycles. The molecule has 0 atom stereocenters. The Bertz CT molecular complexity index is 1090. The molecule has 0 unspecified atom stereocenters. The average Bonchev–Trinajstić information content (AvgIpc) is 3.01. The lowest BCUT2D eigenvalue weighted by Crippen LogP contribution is -2.27. The van der Waals surface area contributed by atoms with Gasteiger partial charge in [0.25, 0.3) is 5.91 Å². The van der Waals surface area contributed by atoms with Crippen LogP contribution in [0.4, 0.5) is 5.69 Å². The fourth-order valence-corrected chi connectivity index (χ4v) is 4.35. The summed E-state index contributed by atoms with van der Waals surface area (Å²) in [6.07, 6.45) is 1.86. The number of ether oxygens (including phenoxy) is 1. The van der Waals surface area contributed by atoms with Crippen LogP contribution in [-0.2, 0) is 11.4 Å². The zero-order chi connectivity index (χ0) is 20.2. The Balaban J connectivity index is 1.51. The maximum atomic E-state index is 12.9. The molecule has 1 aliphatic rings. The highest BCUT2D eigenvalue weighted by molar-refractivity contribution is 8.27. The van der Waals surface area contributed by atoms with Crippen LogP contribution < -0.4 is 9.64 Å². The summed E-state index contributed by atoms with van der Waals surface area (Å²) in [4.78, 5) is 15.1. The normalized spacial score (nSPS) is 15.2. The van der Waals surface area contributed by atoms with Gasteiger partial charge in [-0.25, -0.2) is 0 Å². The fraction of sp³-hybridized carbons (Fsp3) is 0.0833. The lowest BCUT2D eigenvalue weighted by Gasteiger charge is -2.13. The highest BCUT2D eigenvalue weighted by atomic mass is 32.2. The second-order valence-electron chi connectivity index (χ2n) is 6.64. The van der Waals surface area contributed by atoms with Gasteiger partial charge in [0.1, 0.15) is 12.4 Å². The van der Waals surface area contributed by atoms with E-state index in [-0.39, 0.29) is 5.91 Å². The summed E-state index contributed by atoms with van der Waals surface area (Å²) < 4.78 is 6.50. The lowest BCUT2D eigenvalue weighted by atomic mass is 10.1. The summed E-state index contributed by atoms with van der Waals surface area (Å²) in [5, 5.41) is 0. The Labute approximate surface area is 180 Å². The molecular formula is C24H19NO2S2. The molecule has 3 nitrogen and oxygen atoms in total. The van der Waals surface area contributed by atoms with Crippen molar-refractivity contribution >= 4 is 46.0 Å². The first-order valence-electron chi connectivity index (χ1n) is 9.22. The number of carbonyl (C=O) groups is 1. The van der Waals surface area contributed by atoms with E-state index in [0.29, 0.717) is 15.8 Å². The van der Waals surface area contributed by atoms with Crippen molar-refractivity contribution in [1.29, 1.82) is 0 Å². The number of nitrogens with zero attached hydrogens (tertiary/aromatic N) is 1. The standard InChI is InChI=1S/C24H19NO2S2/c1-17-8-5-6-10-19(17)16-27-21-13-7-9-18(14-21)15-22-23(26)25(24(28)29-22)20-11-3-2-4-12-20/h2-15H,16H2,1H3/b22-15-. The molecule has 1 heterocycles. The van der Waals surface area contributed by atoms with Crippen LogP contribution in [0.5, 0.6) is 5.75 Å². The molecule has 0 spiro atoms. The van der Waals surface area contributed by atoms with Gasteiger partial charge in [0.15, 0.2) is 4.32 Å². The molecule has 1 amide bonds. The Hall–Kier alpha value is -2.89. The second kappa shape index (κ2) is 8.64. The Morgan fingerprint density at radius 2 is 1.76 bits per heavy atom. The number of amides is 1. The monoisotopic (exact) mass is 417 g/mol. The molecule has 5 heteroatoms. The highest BCUT2D eigenvalue weighted by Crippen LogP contribution is 2.36. The molecule has 144 valence electrons. The fourth-order valence-electron chi connectivity index (χ4n) is 3.05. The second-order valence-corrected chi connectivity index (χ2v) is 8.32. The third-order valence-electron chi connectivity index (χ3n) is 4.62. The van der Waals surface area contributed by atoms with Crippen molar-refractivity contribution in [3.8, 4) is 5.75 Å².